The van der Waals surface area contributed by atoms with Gasteiger partial charge in [-0.1, -0.05) is 18.2 Å². The zero-order valence-electron chi connectivity index (χ0n) is 6.16. The number of rotatable bonds is 0. The first-order valence-corrected chi connectivity index (χ1v) is 3.66. The highest BCUT2D eigenvalue weighted by Crippen LogP contribution is 2.39. The molecule has 0 radical (unpaired) electrons. The summed E-state index contributed by atoms with van der Waals surface area (Å²) in [4.78, 5) is 5.20. The van der Waals surface area contributed by atoms with E-state index in [9.17, 15) is 0 Å². The highest BCUT2D eigenvalue weighted by molar-refractivity contribution is 5.88. The van der Waals surface area contributed by atoms with Gasteiger partial charge in [0.1, 0.15) is 0 Å². The average molecular weight is 145 g/mol. The Hall–Kier alpha value is -1.44. The summed E-state index contributed by atoms with van der Waals surface area (Å²) in [6.07, 6.45) is 0. The van der Waals surface area contributed by atoms with Gasteiger partial charge in [-0.2, -0.15) is 0 Å². The number of para-hydroxylation sites is 1. The van der Waals surface area contributed by atoms with E-state index in [0.717, 1.165) is 5.88 Å². The van der Waals surface area contributed by atoms with Crippen molar-refractivity contribution >= 4 is 10.9 Å². The van der Waals surface area contributed by atoms with Crippen molar-refractivity contribution in [1.29, 1.82) is 0 Å². The van der Waals surface area contributed by atoms with E-state index in [2.05, 4.69) is 25.1 Å². The molecule has 2 nitrogen and oxygen atoms in total. The molecule has 0 fully saturated rings. The summed E-state index contributed by atoms with van der Waals surface area (Å²) in [5, 5.41) is 1.30. The number of fused-ring (bicyclic) bond motifs is 3. The monoisotopic (exact) mass is 145 g/mol. The smallest absolute Gasteiger partial charge is 0.264 e. The number of benzene rings is 1. The van der Waals surface area contributed by atoms with Gasteiger partial charge in [0, 0.05) is 10.9 Å². The molecule has 1 aliphatic heterocycles. The largest absolute Gasteiger partial charge is 0.350 e. The Morgan fingerprint density at radius 3 is 2.91 bits per heavy atom. The molecule has 0 bridgehead atoms. The van der Waals surface area contributed by atoms with Gasteiger partial charge in [0.05, 0.1) is 5.52 Å². The minimum atomic E-state index is 1.02. The second-order valence-electron chi connectivity index (χ2n) is 2.83. The molecule has 1 aromatic heterocycles. The van der Waals surface area contributed by atoms with E-state index < -0.39 is 0 Å². The normalized spacial score (nSPS) is 12.8. The lowest BCUT2D eigenvalue weighted by Gasteiger charge is -1.91. The van der Waals surface area contributed by atoms with Crippen molar-refractivity contribution in [3.63, 3.8) is 0 Å². The van der Waals surface area contributed by atoms with Crippen molar-refractivity contribution in [2.75, 3.05) is 0 Å². The third-order valence-electron chi connectivity index (χ3n) is 2.18. The zero-order chi connectivity index (χ0) is 7.42. The molecular weight excluding hydrogens is 138 g/mol. The van der Waals surface area contributed by atoms with Crippen LogP contribution in [0.25, 0.3) is 10.9 Å². The fraction of sp³-hybridized carbons (Fsp3) is 0.111. The summed E-state index contributed by atoms with van der Waals surface area (Å²) in [6.45, 7) is 2.08. The minimum absolute atomic E-state index is 1.02. The van der Waals surface area contributed by atoms with E-state index in [1.165, 1.54) is 16.5 Å². The van der Waals surface area contributed by atoms with Crippen LogP contribution in [-0.2, 0) is 0 Å². The van der Waals surface area contributed by atoms with E-state index in [4.69, 9.17) is 4.84 Å². The van der Waals surface area contributed by atoms with Gasteiger partial charge in [-0.25, -0.2) is 0 Å². The lowest BCUT2D eigenvalue weighted by Crippen LogP contribution is -1.78. The molecule has 0 saturated carbocycles. The van der Waals surface area contributed by atoms with Crippen LogP contribution in [0, 0.1) is 6.92 Å². The van der Waals surface area contributed by atoms with Crippen molar-refractivity contribution in [2.45, 2.75) is 6.92 Å². The second kappa shape index (κ2) is 1.42. The van der Waals surface area contributed by atoms with Crippen LogP contribution in [0.3, 0.4) is 0 Å². The highest BCUT2D eigenvalue weighted by Gasteiger charge is 2.27. The average Bonchev–Trinajstić information content (AvgIpc) is 2.78. The third kappa shape index (κ3) is 0.485. The number of aryl methyl sites for hydroxylation is 1. The van der Waals surface area contributed by atoms with Gasteiger partial charge >= 0.3 is 0 Å². The third-order valence-corrected chi connectivity index (χ3v) is 2.18. The van der Waals surface area contributed by atoms with Crippen LogP contribution in [0.5, 0.6) is 5.88 Å². The zero-order valence-corrected chi connectivity index (χ0v) is 6.16. The quantitative estimate of drug-likeness (QED) is 0.443. The Morgan fingerprint density at radius 2 is 2.09 bits per heavy atom. The van der Waals surface area contributed by atoms with Crippen molar-refractivity contribution in [3.05, 3.63) is 29.8 Å². The predicted octanol–water partition coefficient (Wildman–Crippen LogP) is 2.11. The fourth-order valence-corrected chi connectivity index (χ4v) is 1.53. The minimum Gasteiger partial charge on any atom is -0.350 e. The molecule has 0 unspecified atom stereocenters. The van der Waals surface area contributed by atoms with E-state index >= 15 is 0 Å². The summed E-state index contributed by atoms with van der Waals surface area (Å²) >= 11 is 0. The Kier molecular flexibility index (Phi) is 0.677. The lowest BCUT2D eigenvalue weighted by molar-refractivity contribution is 0.453. The van der Waals surface area contributed by atoms with Crippen molar-refractivity contribution in [3.8, 4) is 5.88 Å². The summed E-state index contributed by atoms with van der Waals surface area (Å²) in [5.41, 5.74) is 2.43. The molecule has 0 amide bonds. The molecule has 0 aliphatic carbocycles. The Balaban J connectivity index is 2.60. The molecule has 2 heteroatoms. The fourth-order valence-electron chi connectivity index (χ4n) is 1.53. The van der Waals surface area contributed by atoms with E-state index in [1.54, 1.807) is 0 Å². The molecule has 1 aliphatic rings. The highest BCUT2D eigenvalue weighted by atomic mass is 16.8. The maximum Gasteiger partial charge on any atom is 0.264 e. The number of hydrogen-bond acceptors (Lipinski definition) is 1. The first-order valence-electron chi connectivity index (χ1n) is 3.66. The van der Waals surface area contributed by atoms with Crippen LogP contribution in [0.15, 0.2) is 24.3 Å². The maximum atomic E-state index is 5.20. The first-order chi connectivity index (χ1) is 5.38. The van der Waals surface area contributed by atoms with E-state index in [1.807, 2.05) is 10.8 Å². The summed E-state index contributed by atoms with van der Waals surface area (Å²) in [5.74, 6) is 1.02. The molecule has 2 heterocycles. The van der Waals surface area contributed by atoms with Crippen LogP contribution < -0.4 is 4.84 Å². The number of aromatic nitrogens is 1. The molecular formula is C9H7NO. The van der Waals surface area contributed by atoms with Gasteiger partial charge in [-0.15, -0.1) is 4.73 Å². The molecule has 1 aromatic carbocycles. The second-order valence-corrected chi connectivity index (χ2v) is 2.83. The van der Waals surface area contributed by atoms with Gasteiger partial charge in [-0.3, -0.25) is 0 Å². The van der Waals surface area contributed by atoms with Gasteiger partial charge in [-0.05, 0) is 13.0 Å². The van der Waals surface area contributed by atoms with Crippen LogP contribution >= 0.6 is 0 Å². The van der Waals surface area contributed by atoms with Gasteiger partial charge in [0.25, 0.3) is 5.88 Å². The summed E-state index contributed by atoms with van der Waals surface area (Å²) < 4.78 is 1.87. The van der Waals surface area contributed by atoms with Crippen LogP contribution in [-0.4, -0.2) is 4.73 Å². The van der Waals surface area contributed by atoms with Crippen molar-refractivity contribution in [1.82, 2.24) is 4.73 Å². The van der Waals surface area contributed by atoms with Gasteiger partial charge in [0.15, 0.2) is 0 Å². The van der Waals surface area contributed by atoms with Crippen molar-refractivity contribution in [2.24, 2.45) is 0 Å². The Morgan fingerprint density at radius 1 is 1.27 bits per heavy atom. The molecule has 11 heavy (non-hydrogen) atoms. The molecule has 0 spiro atoms. The van der Waals surface area contributed by atoms with E-state index in [-0.39, 0.29) is 0 Å². The molecule has 54 valence electrons. The van der Waals surface area contributed by atoms with Crippen LogP contribution in [0.4, 0.5) is 0 Å². The maximum absolute atomic E-state index is 5.20. The van der Waals surface area contributed by atoms with Gasteiger partial charge < -0.3 is 4.84 Å². The SMILES string of the molecule is Cc1c2n(c3ccccc13)O2. The summed E-state index contributed by atoms with van der Waals surface area (Å²) in [7, 11) is 0. The standard InChI is InChI=1S/C9H7NO/c1-6-7-4-2-3-5-8(7)10-9(6)11-10/h2-5H,1H3. The number of nitrogens with zero attached hydrogens (tertiary/aromatic N) is 1. The van der Waals surface area contributed by atoms with Crippen molar-refractivity contribution < 1.29 is 4.84 Å². The molecule has 3 rings (SSSR count). The topological polar surface area (TPSA) is 17.5 Å². The molecule has 0 saturated heterocycles. The molecule has 0 atom stereocenters. The summed E-state index contributed by atoms with van der Waals surface area (Å²) in [6, 6.07) is 8.26. The van der Waals surface area contributed by atoms with Gasteiger partial charge in [0.2, 0.25) is 0 Å². The molecule has 2 aromatic rings. The Bertz CT molecular complexity index is 427. The first kappa shape index (κ1) is 5.24. The van der Waals surface area contributed by atoms with Crippen LogP contribution in [0.2, 0.25) is 0 Å². The molecule has 0 N–H and O–H groups in total. The van der Waals surface area contributed by atoms with E-state index in [0.29, 0.717) is 0 Å². The van der Waals surface area contributed by atoms with Crippen LogP contribution in [0.1, 0.15) is 5.56 Å². The number of hydrogen-bond donors (Lipinski definition) is 0. The Labute approximate surface area is 64.0 Å². The predicted molar refractivity (Wildman–Crippen MR) is 42.7 cm³/mol. The lowest BCUT2D eigenvalue weighted by atomic mass is 10.2.